The quantitative estimate of drug-likeness (QED) is 0.826. The number of nitrogens with one attached hydrogen (secondary N) is 1. The number of nitrogens with zero attached hydrogens (tertiary/aromatic N) is 1. The van der Waals surface area contributed by atoms with Crippen LogP contribution in [0.4, 0.5) is 4.39 Å². The van der Waals surface area contributed by atoms with E-state index in [-0.39, 0.29) is 18.3 Å². The first-order chi connectivity index (χ1) is 11.6. The van der Waals surface area contributed by atoms with E-state index in [9.17, 15) is 9.18 Å². The number of fused-ring (bicyclic) bond motifs is 3. The fraction of sp³-hybridized carbons (Fsp3) is 0.526. The molecule has 1 N–H and O–H groups in total. The minimum absolute atomic E-state index is 0.193. The monoisotopic (exact) mass is 332 g/mol. The molecule has 0 saturated heterocycles. The lowest BCUT2D eigenvalue weighted by molar-refractivity contribution is -0.143. The average molecular weight is 332 g/mol. The molecule has 5 heteroatoms. The van der Waals surface area contributed by atoms with Crippen LogP contribution in [0, 0.1) is 5.82 Å². The minimum Gasteiger partial charge on any atom is -0.465 e. The highest BCUT2D eigenvalue weighted by atomic mass is 19.1. The van der Waals surface area contributed by atoms with E-state index in [2.05, 4.69) is 12.2 Å². The van der Waals surface area contributed by atoms with Gasteiger partial charge in [0.15, 0.2) is 0 Å². The smallest absolute Gasteiger partial charge is 0.325 e. The Morgan fingerprint density at radius 1 is 1.42 bits per heavy atom. The highest BCUT2D eigenvalue weighted by Gasteiger charge is 2.26. The van der Waals surface area contributed by atoms with Crippen molar-refractivity contribution in [3.63, 3.8) is 0 Å². The maximum Gasteiger partial charge on any atom is 0.325 e. The number of ether oxygens (including phenoxy) is 1. The first kappa shape index (κ1) is 17.0. The summed E-state index contributed by atoms with van der Waals surface area (Å²) < 4.78 is 20.9. The van der Waals surface area contributed by atoms with Crippen molar-refractivity contribution >= 4 is 16.9 Å². The summed E-state index contributed by atoms with van der Waals surface area (Å²) in [6.45, 7) is 5.52. The van der Waals surface area contributed by atoms with Gasteiger partial charge in [0.2, 0.25) is 0 Å². The first-order valence-corrected chi connectivity index (χ1v) is 8.82. The predicted molar refractivity (Wildman–Crippen MR) is 92.6 cm³/mol. The number of halogens is 1. The predicted octanol–water partition coefficient (Wildman–Crippen LogP) is 3.20. The van der Waals surface area contributed by atoms with Gasteiger partial charge < -0.3 is 14.6 Å². The molecule has 0 fully saturated rings. The van der Waals surface area contributed by atoms with E-state index >= 15 is 0 Å². The van der Waals surface area contributed by atoms with Crippen LogP contribution in [0.25, 0.3) is 10.9 Å². The standard InChI is InChI=1S/C19H25FN2O2/c1-3-9-21-14-6-8-18-16(11-14)15-10-13(20)5-7-17(15)22(18)12-19(23)24-4-2/h5,7,10,14,21H,3-4,6,8-9,11-12H2,1-2H3/t14-/m0/s1. The van der Waals surface area contributed by atoms with Crippen molar-refractivity contribution in [1.82, 2.24) is 9.88 Å². The van der Waals surface area contributed by atoms with Gasteiger partial charge in [0.25, 0.3) is 0 Å². The Labute approximate surface area is 142 Å². The van der Waals surface area contributed by atoms with Crippen LogP contribution in [0.3, 0.4) is 0 Å². The molecule has 0 aliphatic heterocycles. The molecule has 0 saturated carbocycles. The van der Waals surface area contributed by atoms with E-state index in [1.54, 1.807) is 19.1 Å². The minimum atomic E-state index is -0.243. The fourth-order valence-corrected chi connectivity index (χ4v) is 3.66. The van der Waals surface area contributed by atoms with Crippen LogP contribution in [0.15, 0.2) is 18.2 Å². The van der Waals surface area contributed by atoms with E-state index < -0.39 is 0 Å². The molecule has 3 rings (SSSR count). The van der Waals surface area contributed by atoms with Crippen molar-refractivity contribution in [2.45, 2.75) is 52.1 Å². The lowest BCUT2D eigenvalue weighted by Crippen LogP contribution is -2.35. The lowest BCUT2D eigenvalue weighted by Gasteiger charge is -2.25. The summed E-state index contributed by atoms with van der Waals surface area (Å²) in [6, 6.07) is 5.25. The molecule has 4 nitrogen and oxygen atoms in total. The van der Waals surface area contributed by atoms with Gasteiger partial charge in [0.1, 0.15) is 12.4 Å². The molecule has 0 spiro atoms. The van der Waals surface area contributed by atoms with Crippen molar-refractivity contribution in [3.05, 3.63) is 35.3 Å². The highest BCUT2D eigenvalue weighted by Crippen LogP contribution is 2.33. The molecule has 1 aromatic heterocycles. The van der Waals surface area contributed by atoms with Gasteiger partial charge in [-0.2, -0.15) is 0 Å². The largest absolute Gasteiger partial charge is 0.465 e. The third-order valence-corrected chi connectivity index (χ3v) is 4.70. The molecule has 0 unspecified atom stereocenters. The second-order valence-electron chi connectivity index (χ2n) is 6.37. The molecule has 24 heavy (non-hydrogen) atoms. The number of hydrogen-bond donors (Lipinski definition) is 1. The Hall–Kier alpha value is -1.88. The maximum atomic E-state index is 13.8. The summed E-state index contributed by atoms with van der Waals surface area (Å²) in [5, 5.41) is 4.50. The highest BCUT2D eigenvalue weighted by molar-refractivity contribution is 5.87. The summed E-state index contributed by atoms with van der Waals surface area (Å²) in [4.78, 5) is 12.0. The zero-order valence-electron chi connectivity index (χ0n) is 14.4. The van der Waals surface area contributed by atoms with Crippen LogP contribution >= 0.6 is 0 Å². The van der Waals surface area contributed by atoms with Gasteiger partial charge >= 0.3 is 5.97 Å². The molecule has 0 amide bonds. The zero-order chi connectivity index (χ0) is 17.1. The number of hydrogen-bond acceptors (Lipinski definition) is 3. The normalized spacial score (nSPS) is 17.0. The fourth-order valence-electron chi connectivity index (χ4n) is 3.66. The SMILES string of the molecule is CCCN[C@H]1CCc2c(c3cc(F)ccc3n2CC(=O)OCC)C1. The Morgan fingerprint density at radius 3 is 3.00 bits per heavy atom. The summed E-state index contributed by atoms with van der Waals surface area (Å²) in [6.07, 6.45) is 3.91. The summed E-state index contributed by atoms with van der Waals surface area (Å²) in [7, 11) is 0. The van der Waals surface area contributed by atoms with Gasteiger partial charge in [0, 0.05) is 22.6 Å². The van der Waals surface area contributed by atoms with Crippen LogP contribution in [0.5, 0.6) is 0 Å². The third-order valence-electron chi connectivity index (χ3n) is 4.70. The van der Waals surface area contributed by atoms with E-state index in [1.165, 1.54) is 11.6 Å². The number of aromatic nitrogens is 1. The van der Waals surface area contributed by atoms with E-state index in [1.807, 2.05) is 4.57 Å². The molecule has 2 aromatic rings. The number of carbonyl (C=O) groups excluding carboxylic acids is 1. The van der Waals surface area contributed by atoms with Crippen molar-refractivity contribution in [2.75, 3.05) is 13.2 Å². The number of carbonyl (C=O) groups is 1. The van der Waals surface area contributed by atoms with Crippen molar-refractivity contribution in [3.8, 4) is 0 Å². The van der Waals surface area contributed by atoms with Crippen molar-refractivity contribution in [1.29, 1.82) is 0 Å². The molecule has 1 aliphatic carbocycles. The molecule has 1 aliphatic rings. The molecular weight excluding hydrogens is 307 g/mol. The first-order valence-electron chi connectivity index (χ1n) is 8.82. The van der Waals surface area contributed by atoms with Crippen molar-refractivity contribution in [2.24, 2.45) is 0 Å². The summed E-state index contributed by atoms with van der Waals surface area (Å²) in [5.74, 6) is -0.477. The van der Waals surface area contributed by atoms with E-state index in [0.717, 1.165) is 48.8 Å². The van der Waals surface area contributed by atoms with Crippen LogP contribution in [-0.4, -0.2) is 29.7 Å². The molecule has 1 heterocycles. The van der Waals surface area contributed by atoms with Crippen LogP contribution in [-0.2, 0) is 28.9 Å². The Morgan fingerprint density at radius 2 is 2.25 bits per heavy atom. The van der Waals surface area contributed by atoms with Crippen LogP contribution in [0.2, 0.25) is 0 Å². The van der Waals surface area contributed by atoms with Crippen LogP contribution in [0.1, 0.15) is 37.9 Å². The second kappa shape index (κ2) is 7.34. The lowest BCUT2D eigenvalue weighted by atomic mass is 9.91. The molecule has 130 valence electrons. The maximum absolute atomic E-state index is 13.8. The Kier molecular flexibility index (Phi) is 5.19. The van der Waals surface area contributed by atoms with E-state index in [4.69, 9.17) is 4.74 Å². The second-order valence-corrected chi connectivity index (χ2v) is 6.37. The van der Waals surface area contributed by atoms with Crippen molar-refractivity contribution < 1.29 is 13.9 Å². The van der Waals surface area contributed by atoms with Gasteiger partial charge in [-0.25, -0.2) is 4.39 Å². The van der Waals surface area contributed by atoms with Gasteiger partial charge in [-0.05, 0) is 62.9 Å². The molecule has 0 radical (unpaired) electrons. The molecule has 1 atom stereocenters. The zero-order valence-corrected chi connectivity index (χ0v) is 14.4. The van der Waals surface area contributed by atoms with Gasteiger partial charge in [-0.15, -0.1) is 0 Å². The third kappa shape index (κ3) is 3.31. The van der Waals surface area contributed by atoms with E-state index in [0.29, 0.717) is 12.6 Å². The Balaban J connectivity index is 1.99. The molecular formula is C19H25FN2O2. The van der Waals surface area contributed by atoms with Gasteiger partial charge in [-0.1, -0.05) is 6.92 Å². The van der Waals surface area contributed by atoms with Gasteiger partial charge in [0.05, 0.1) is 6.61 Å². The summed E-state index contributed by atoms with van der Waals surface area (Å²) >= 11 is 0. The Bertz CT molecular complexity index is 739. The number of rotatable bonds is 6. The topological polar surface area (TPSA) is 43.3 Å². The molecule has 0 bridgehead atoms. The average Bonchev–Trinajstić information content (AvgIpc) is 2.86. The van der Waals surface area contributed by atoms with Crippen LogP contribution < -0.4 is 5.32 Å². The number of benzene rings is 1. The number of esters is 1. The summed E-state index contributed by atoms with van der Waals surface area (Å²) in [5.41, 5.74) is 3.25. The molecule has 1 aromatic carbocycles. The van der Waals surface area contributed by atoms with Gasteiger partial charge in [-0.3, -0.25) is 4.79 Å².